The molecule has 104 valence electrons. The minimum absolute atomic E-state index is 0.0524. The van der Waals surface area contributed by atoms with Crippen LogP contribution in [0.3, 0.4) is 0 Å². The van der Waals surface area contributed by atoms with Crippen molar-refractivity contribution >= 4 is 11.7 Å². The van der Waals surface area contributed by atoms with Gasteiger partial charge in [0.2, 0.25) is 0 Å². The zero-order valence-corrected chi connectivity index (χ0v) is 10.6. The molecule has 1 aliphatic heterocycles. The molecule has 7 heteroatoms. The van der Waals surface area contributed by atoms with Crippen LogP contribution in [-0.4, -0.2) is 17.8 Å². The van der Waals surface area contributed by atoms with E-state index in [1.165, 1.54) is 18.2 Å². The van der Waals surface area contributed by atoms with Gasteiger partial charge in [0.15, 0.2) is 5.84 Å². The molecule has 20 heavy (non-hydrogen) atoms. The van der Waals surface area contributed by atoms with Crippen LogP contribution in [0.2, 0.25) is 0 Å². The summed E-state index contributed by atoms with van der Waals surface area (Å²) in [5.74, 6) is -5.30. The van der Waals surface area contributed by atoms with Gasteiger partial charge in [0.1, 0.15) is 6.10 Å². The standard InChI is InChI=1S/C13H11F2N3O2/c1-8-6-11(18-20-8)17-12(19)13(14,15)10-5-3-2-4-9(10)7-16/h2-5,8H,6H2,1H3,(H,17,18,19). The van der Waals surface area contributed by atoms with Gasteiger partial charge < -0.3 is 10.2 Å². The molecular weight excluding hydrogens is 268 g/mol. The SMILES string of the molecule is CC1CC(NC(=O)C(F)(F)c2ccccc2C#N)=NO1. The lowest BCUT2D eigenvalue weighted by Crippen LogP contribution is -2.41. The van der Waals surface area contributed by atoms with E-state index in [1.807, 2.05) is 5.32 Å². The smallest absolute Gasteiger partial charge is 0.351 e. The number of oxime groups is 1. The number of alkyl halides is 2. The molecule has 1 aliphatic rings. The number of carbonyl (C=O) groups is 1. The average Bonchev–Trinajstić information content (AvgIpc) is 2.84. The number of amidine groups is 1. The molecule has 1 amide bonds. The van der Waals surface area contributed by atoms with Crippen LogP contribution in [0, 0.1) is 11.3 Å². The summed E-state index contributed by atoms with van der Waals surface area (Å²) in [6, 6.07) is 6.72. The Bertz CT molecular complexity index is 608. The van der Waals surface area contributed by atoms with Crippen LogP contribution in [0.5, 0.6) is 0 Å². The molecule has 1 aromatic carbocycles. The number of rotatable bonds is 2. The van der Waals surface area contributed by atoms with Crippen LogP contribution in [-0.2, 0) is 15.6 Å². The van der Waals surface area contributed by atoms with Gasteiger partial charge in [0.05, 0.1) is 11.6 Å². The third-order valence-corrected chi connectivity index (χ3v) is 2.75. The number of benzene rings is 1. The molecule has 5 nitrogen and oxygen atoms in total. The summed E-state index contributed by atoms with van der Waals surface area (Å²) in [5.41, 5.74) is -0.877. The van der Waals surface area contributed by atoms with Crippen molar-refractivity contribution < 1.29 is 18.4 Å². The summed E-state index contributed by atoms with van der Waals surface area (Å²) >= 11 is 0. The topological polar surface area (TPSA) is 74.5 Å². The second-order valence-electron chi connectivity index (χ2n) is 4.34. The lowest BCUT2D eigenvalue weighted by atomic mass is 10.0. The predicted molar refractivity (Wildman–Crippen MR) is 65.8 cm³/mol. The molecule has 0 aliphatic carbocycles. The fourth-order valence-electron chi connectivity index (χ4n) is 1.76. The van der Waals surface area contributed by atoms with E-state index in [0.29, 0.717) is 0 Å². The Morgan fingerprint density at radius 2 is 2.25 bits per heavy atom. The molecule has 1 N–H and O–H groups in total. The molecule has 1 unspecified atom stereocenters. The second-order valence-corrected chi connectivity index (χ2v) is 4.34. The quantitative estimate of drug-likeness (QED) is 0.898. The zero-order valence-electron chi connectivity index (χ0n) is 10.6. The van der Waals surface area contributed by atoms with E-state index in [2.05, 4.69) is 5.16 Å². The van der Waals surface area contributed by atoms with E-state index < -0.39 is 17.4 Å². The maximum Gasteiger partial charge on any atom is 0.351 e. The molecule has 1 atom stereocenters. The molecule has 0 saturated carbocycles. The monoisotopic (exact) mass is 279 g/mol. The molecule has 2 rings (SSSR count). The zero-order chi connectivity index (χ0) is 14.8. The van der Waals surface area contributed by atoms with Crippen molar-refractivity contribution in [2.45, 2.75) is 25.4 Å². The first-order valence-electron chi connectivity index (χ1n) is 5.86. The summed E-state index contributed by atoms with van der Waals surface area (Å²) in [6.45, 7) is 1.70. The second kappa shape index (κ2) is 5.25. The van der Waals surface area contributed by atoms with Gasteiger partial charge in [0, 0.05) is 12.0 Å². The van der Waals surface area contributed by atoms with Gasteiger partial charge in [0.25, 0.3) is 0 Å². The number of halogens is 2. The van der Waals surface area contributed by atoms with Crippen LogP contribution >= 0.6 is 0 Å². The number of amides is 1. The highest BCUT2D eigenvalue weighted by Gasteiger charge is 2.43. The van der Waals surface area contributed by atoms with Crippen LogP contribution < -0.4 is 5.32 Å². The van der Waals surface area contributed by atoms with Crippen LogP contribution in [0.1, 0.15) is 24.5 Å². The first-order valence-corrected chi connectivity index (χ1v) is 5.86. The van der Waals surface area contributed by atoms with Crippen molar-refractivity contribution in [3.63, 3.8) is 0 Å². The molecule has 0 aromatic heterocycles. The van der Waals surface area contributed by atoms with Gasteiger partial charge in [-0.2, -0.15) is 14.0 Å². The van der Waals surface area contributed by atoms with E-state index in [0.717, 1.165) is 6.07 Å². The first kappa shape index (κ1) is 13.9. The Balaban J connectivity index is 2.21. The van der Waals surface area contributed by atoms with Crippen LogP contribution in [0.4, 0.5) is 8.78 Å². The molecule has 0 fully saturated rings. The van der Waals surface area contributed by atoms with Gasteiger partial charge in [-0.25, -0.2) is 0 Å². The van der Waals surface area contributed by atoms with Crippen LogP contribution in [0.15, 0.2) is 29.4 Å². The molecule has 0 bridgehead atoms. The summed E-state index contributed by atoms with van der Waals surface area (Å²) in [6.07, 6.45) is -0.00726. The molecular formula is C13H11F2N3O2. The Labute approximate surface area is 113 Å². The average molecular weight is 279 g/mol. The fraction of sp³-hybridized carbons (Fsp3) is 0.308. The summed E-state index contributed by atoms with van der Waals surface area (Å²) in [7, 11) is 0. The highest BCUT2D eigenvalue weighted by Crippen LogP contribution is 2.30. The molecule has 0 saturated heterocycles. The lowest BCUT2D eigenvalue weighted by molar-refractivity contribution is -0.145. The Morgan fingerprint density at radius 1 is 1.55 bits per heavy atom. The highest BCUT2D eigenvalue weighted by molar-refractivity contribution is 6.01. The summed E-state index contributed by atoms with van der Waals surface area (Å²) in [4.78, 5) is 16.5. The first-order chi connectivity index (χ1) is 9.45. The molecule has 1 heterocycles. The maximum absolute atomic E-state index is 14.1. The van der Waals surface area contributed by atoms with Crippen molar-refractivity contribution in [2.24, 2.45) is 5.16 Å². The maximum atomic E-state index is 14.1. The summed E-state index contributed by atoms with van der Waals surface area (Å²) in [5, 5.41) is 14.3. The van der Waals surface area contributed by atoms with Gasteiger partial charge in [-0.1, -0.05) is 23.4 Å². The molecule has 0 radical (unpaired) electrons. The van der Waals surface area contributed by atoms with Gasteiger partial charge >= 0.3 is 11.8 Å². The number of nitrogens with zero attached hydrogens (tertiary/aromatic N) is 2. The summed E-state index contributed by atoms with van der Waals surface area (Å²) < 4.78 is 28.2. The van der Waals surface area contributed by atoms with Gasteiger partial charge in [-0.3, -0.25) is 4.79 Å². The lowest BCUT2D eigenvalue weighted by Gasteiger charge is -2.16. The normalized spacial score (nSPS) is 17.9. The third kappa shape index (κ3) is 2.59. The van der Waals surface area contributed by atoms with E-state index in [9.17, 15) is 13.6 Å². The number of hydrogen-bond donors (Lipinski definition) is 1. The third-order valence-electron chi connectivity index (χ3n) is 2.75. The predicted octanol–water partition coefficient (Wildman–Crippen LogP) is 1.89. The largest absolute Gasteiger partial charge is 0.391 e. The fourth-order valence-corrected chi connectivity index (χ4v) is 1.76. The Kier molecular flexibility index (Phi) is 3.66. The number of carbonyl (C=O) groups excluding carboxylic acids is 1. The van der Waals surface area contributed by atoms with E-state index in [-0.39, 0.29) is 23.9 Å². The van der Waals surface area contributed by atoms with Crippen molar-refractivity contribution in [2.75, 3.05) is 0 Å². The Hall–Kier alpha value is -2.49. The minimum atomic E-state index is -3.82. The molecule has 1 aromatic rings. The highest BCUT2D eigenvalue weighted by atomic mass is 19.3. The van der Waals surface area contributed by atoms with E-state index in [1.54, 1.807) is 13.0 Å². The van der Waals surface area contributed by atoms with Crippen molar-refractivity contribution in [1.29, 1.82) is 5.26 Å². The number of nitrogens with one attached hydrogen (secondary N) is 1. The van der Waals surface area contributed by atoms with Crippen LogP contribution in [0.25, 0.3) is 0 Å². The number of nitriles is 1. The van der Waals surface area contributed by atoms with Gasteiger partial charge in [-0.15, -0.1) is 0 Å². The molecule has 0 spiro atoms. The van der Waals surface area contributed by atoms with Crippen molar-refractivity contribution in [3.8, 4) is 6.07 Å². The number of hydrogen-bond acceptors (Lipinski definition) is 4. The van der Waals surface area contributed by atoms with E-state index >= 15 is 0 Å². The Morgan fingerprint density at radius 3 is 2.85 bits per heavy atom. The van der Waals surface area contributed by atoms with Crippen molar-refractivity contribution in [3.05, 3.63) is 35.4 Å². The minimum Gasteiger partial charge on any atom is -0.391 e. The van der Waals surface area contributed by atoms with E-state index in [4.69, 9.17) is 10.1 Å². The van der Waals surface area contributed by atoms with Gasteiger partial charge in [-0.05, 0) is 13.0 Å². The van der Waals surface area contributed by atoms with Crippen molar-refractivity contribution in [1.82, 2.24) is 5.32 Å².